The molecule has 0 aromatic heterocycles. The summed E-state index contributed by atoms with van der Waals surface area (Å²) in [5.74, 6) is 0. The lowest BCUT2D eigenvalue weighted by molar-refractivity contribution is -0.211. The maximum atomic E-state index is 9.37. The minimum absolute atomic E-state index is 0.262. The van der Waals surface area contributed by atoms with Crippen molar-refractivity contribution in [1.29, 1.82) is 0 Å². The predicted octanol–water partition coefficient (Wildman–Crippen LogP) is -0.732. The molecule has 1 heterocycles. The summed E-state index contributed by atoms with van der Waals surface area (Å²) in [6.45, 7) is 3.39. The van der Waals surface area contributed by atoms with E-state index in [0.717, 1.165) is 0 Å². The molecule has 1 rings (SSSR count). The quantitative estimate of drug-likeness (QED) is 0.492. The zero-order valence-corrected chi connectivity index (χ0v) is 7.40. The monoisotopic (exact) mass is 176 g/mol. The molecule has 1 aliphatic rings. The molecule has 1 saturated heterocycles. The first-order chi connectivity index (χ1) is 5.46. The molecule has 72 valence electrons. The van der Waals surface area contributed by atoms with Crippen LogP contribution in [0, 0.1) is 0 Å². The molecule has 0 radical (unpaired) electrons. The number of aliphatic hydroxyl groups is 3. The maximum absolute atomic E-state index is 9.37. The molecule has 3 atom stereocenters. The van der Waals surface area contributed by atoms with Gasteiger partial charge in [0.1, 0.15) is 12.2 Å². The van der Waals surface area contributed by atoms with Crippen LogP contribution in [0.2, 0.25) is 0 Å². The van der Waals surface area contributed by atoms with Crippen LogP contribution in [0.25, 0.3) is 0 Å². The molecule has 1 aliphatic heterocycles. The fourth-order valence-electron chi connectivity index (χ4n) is 1.55. The van der Waals surface area contributed by atoms with E-state index in [-0.39, 0.29) is 6.61 Å². The highest BCUT2D eigenvalue weighted by molar-refractivity contribution is 4.89. The highest BCUT2D eigenvalue weighted by atomic mass is 16.5. The van der Waals surface area contributed by atoms with E-state index < -0.39 is 23.9 Å². The number of ether oxygens (including phenoxy) is 1. The average molecular weight is 176 g/mol. The van der Waals surface area contributed by atoms with Crippen LogP contribution < -0.4 is 0 Å². The van der Waals surface area contributed by atoms with Gasteiger partial charge in [0, 0.05) is 6.42 Å². The molecule has 2 unspecified atom stereocenters. The molecule has 1 fully saturated rings. The molecule has 0 bridgehead atoms. The molecule has 0 aromatic carbocycles. The Balaban J connectivity index is 2.65. The summed E-state index contributed by atoms with van der Waals surface area (Å²) in [7, 11) is 0. The Morgan fingerprint density at radius 1 is 1.42 bits per heavy atom. The Hall–Kier alpha value is -0.160. The van der Waals surface area contributed by atoms with Crippen molar-refractivity contribution in [1.82, 2.24) is 0 Å². The van der Waals surface area contributed by atoms with Crippen LogP contribution in [-0.2, 0) is 4.74 Å². The number of aliphatic hydroxyl groups excluding tert-OH is 3. The van der Waals surface area contributed by atoms with Crippen molar-refractivity contribution in [3.05, 3.63) is 0 Å². The number of hydrogen-bond acceptors (Lipinski definition) is 4. The van der Waals surface area contributed by atoms with Gasteiger partial charge in [0.05, 0.1) is 18.3 Å². The second-order valence-corrected chi connectivity index (χ2v) is 3.86. The van der Waals surface area contributed by atoms with Gasteiger partial charge in [0.25, 0.3) is 0 Å². The third-order valence-corrected chi connectivity index (χ3v) is 2.13. The van der Waals surface area contributed by atoms with E-state index in [1.807, 2.05) is 13.8 Å². The first kappa shape index (κ1) is 9.92. The van der Waals surface area contributed by atoms with Crippen LogP contribution >= 0.6 is 0 Å². The third-order valence-electron chi connectivity index (χ3n) is 2.13. The zero-order chi connectivity index (χ0) is 9.35. The van der Waals surface area contributed by atoms with E-state index in [1.165, 1.54) is 0 Å². The SMILES string of the molecule is CC1(C)C[C@H](O)C(O)C(CO)O1. The topological polar surface area (TPSA) is 69.9 Å². The fraction of sp³-hybridized carbons (Fsp3) is 1.00. The highest BCUT2D eigenvalue weighted by Crippen LogP contribution is 2.28. The van der Waals surface area contributed by atoms with Gasteiger partial charge in [-0.2, -0.15) is 0 Å². The average Bonchev–Trinajstić information content (AvgIpc) is 1.96. The van der Waals surface area contributed by atoms with E-state index in [0.29, 0.717) is 6.42 Å². The summed E-state index contributed by atoms with van der Waals surface area (Å²) >= 11 is 0. The van der Waals surface area contributed by atoms with Crippen molar-refractivity contribution in [3.63, 3.8) is 0 Å². The summed E-state index contributed by atoms with van der Waals surface area (Å²) < 4.78 is 5.35. The molecule has 0 aliphatic carbocycles. The van der Waals surface area contributed by atoms with Crippen LogP contribution in [0.15, 0.2) is 0 Å². The van der Waals surface area contributed by atoms with Crippen molar-refractivity contribution in [2.75, 3.05) is 6.61 Å². The summed E-state index contributed by atoms with van der Waals surface area (Å²) in [5.41, 5.74) is -0.466. The van der Waals surface area contributed by atoms with E-state index in [2.05, 4.69) is 0 Å². The lowest BCUT2D eigenvalue weighted by atomic mass is 9.91. The van der Waals surface area contributed by atoms with Crippen LogP contribution in [0.3, 0.4) is 0 Å². The molecule has 12 heavy (non-hydrogen) atoms. The molecular formula is C8H16O4. The Kier molecular flexibility index (Phi) is 2.73. The number of rotatable bonds is 1. The summed E-state index contributed by atoms with van der Waals surface area (Å²) in [6, 6.07) is 0. The third kappa shape index (κ3) is 1.95. The summed E-state index contributed by atoms with van der Waals surface area (Å²) in [5, 5.41) is 27.5. The van der Waals surface area contributed by atoms with Crippen molar-refractivity contribution >= 4 is 0 Å². The van der Waals surface area contributed by atoms with Gasteiger partial charge in [-0.05, 0) is 13.8 Å². The van der Waals surface area contributed by atoms with Gasteiger partial charge < -0.3 is 20.1 Å². The van der Waals surface area contributed by atoms with E-state index in [9.17, 15) is 10.2 Å². The molecule has 4 nitrogen and oxygen atoms in total. The Labute approximate surface area is 71.8 Å². The largest absolute Gasteiger partial charge is 0.394 e. The Morgan fingerprint density at radius 2 is 2.00 bits per heavy atom. The van der Waals surface area contributed by atoms with Gasteiger partial charge in [-0.1, -0.05) is 0 Å². The van der Waals surface area contributed by atoms with Crippen molar-refractivity contribution < 1.29 is 20.1 Å². The van der Waals surface area contributed by atoms with E-state index >= 15 is 0 Å². The van der Waals surface area contributed by atoms with Crippen molar-refractivity contribution in [2.45, 2.75) is 44.2 Å². The van der Waals surface area contributed by atoms with Gasteiger partial charge in [0.2, 0.25) is 0 Å². The Morgan fingerprint density at radius 3 is 2.50 bits per heavy atom. The first-order valence-electron chi connectivity index (χ1n) is 4.11. The molecule has 3 N–H and O–H groups in total. The molecule has 0 saturated carbocycles. The molecular weight excluding hydrogens is 160 g/mol. The normalized spacial score (nSPS) is 41.2. The van der Waals surface area contributed by atoms with E-state index in [1.54, 1.807) is 0 Å². The lowest BCUT2D eigenvalue weighted by Crippen LogP contribution is -2.53. The summed E-state index contributed by atoms with van der Waals surface area (Å²) in [6.07, 6.45) is -2.04. The molecule has 4 heteroatoms. The van der Waals surface area contributed by atoms with Gasteiger partial charge in [-0.15, -0.1) is 0 Å². The van der Waals surface area contributed by atoms with Gasteiger partial charge >= 0.3 is 0 Å². The predicted molar refractivity (Wildman–Crippen MR) is 42.7 cm³/mol. The smallest absolute Gasteiger partial charge is 0.110 e. The standard InChI is InChI=1S/C8H16O4/c1-8(2)3-5(10)7(11)6(4-9)12-8/h5-7,9-11H,3-4H2,1-2H3/t5-,6?,7?/m0/s1. The molecule has 0 spiro atoms. The summed E-state index contributed by atoms with van der Waals surface area (Å²) in [4.78, 5) is 0. The second-order valence-electron chi connectivity index (χ2n) is 3.86. The van der Waals surface area contributed by atoms with Crippen LogP contribution in [0.1, 0.15) is 20.3 Å². The van der Waals surface area contributed by atoms with Crippen LogP contribution in [-0.4, -0.2) is 45.8 Å². The molecule has 0 amide bonds. The Bertz CT molecular complexity index is 157. The zero-order valence-electron chi connectivity index (χ0n) is 7.40. The minimum Gasteiger partial charge on any atom is -0.394 e. The van der Waals surface area contributed by atoms with Crippen molar-refractivity contribution in [2.24, 2.45) is 0 Å². The van der Waals surface area contributed by atoms with Crippen LogP contribution in [0.5, 0.6) is 0 Å². The van der Waals surface area contributed by atoms with Gasteiger partial charge in [0.15, 0.2) is 0 Å². The maximum Gasteiger partial charge on any atom is 0.110 e. The van der Waals surface area contributed by atoms with E-state index in [4.69, 9.17) is 9.84 Å². The fourth-order valence-corrected chi connectivity index (χ4v) is 1.55. The van der Waals surface area contributed by atoms with Gasteiger partial charge in [-0.3, -0.25) is 0 Å². The lowest BCUT2D eigenvalue weighted by Gasteiger charge is -2.41. The first-order valence-corrected chi connectivity index (χ1v) is 4.11. The second kappa shape index (κ2) is 3.30. The van der Waals surface area contributed by atoms with Gasteiger partial charge in [-0.25, -0.2) is 0 Å². The van der Waals surface area contributed by atoms with Crippen molar-refractivity contribution in [3.8, 4) is 0 Å². The number of hydrogen-bond donors (Lipinski definition) is 3. The minimum atomic E-state index is -0.969. The highest BCUT2D eigenvalue weighted by Gasteiger charge is 2.40. The molecule has 0 aromatic rings. The van der Waals surface area contributed by atoms with Crippen LogP contribution in [0.4, 0.5) is 0 Å².